The molecule has 2 aromatic heterocycles. The molecular weight excluding hydrogens is 322 g/mol. The number of aromatic nitrogens is 3. The number of halogens is 1. The van der Waals surface area contributed by atoms with Crippen molar-refractivity contribution < 1.29 is 0 Å². The van der Waals surface area contributed by atoms with Gasteiger partial charge in [0, 0.05) is 45.1 Å². The highest BCUT2D eigenvalue weighted by molar-refractivity contribution is 5.85. The highest BCUT2D eigenvalue weighted by Gasteiger charge is 2.25. The number of hydrogen-bond acceptors (Lipinski definition) is 4. The number of nitrogens with one attached hydrogen (secondary N) is 1. The van der Waals surface area contributed by atoms with E-state index in [-0.39, 0.29) is 12.4 Å². The van der Waals surface area contributed by atoms with E-state index >= 15 is 0 Å². The number of imidazole rings is 1. The summed E-state index contributed by atoms with van der Waals surface area (Å²) in [6, 6.07) is 12.8. The van der Waals surface area contributed by atoms with Crippen molar-refractivity contribution in [3.8, 4) is 0 Å². The minimum atomic E-state index is 0. The van der Waals surface area contributed by atoms with Crippen LogP contribution in [0.2, 0.25) is 0 Å². The lowest BCUT2D eigenvalue weighted by Gasteiger charge is -2.36. The summed E-state index contributed by atoms with van der Waals surface area (Å²) < 4.78 is 2.21. The average molecular weight is 344 g/mol. The van der Waals surface area contributed by atoms with Crippen LogP contribution in [0.5, 0.6) is 0 Å². The van der Waals surface area contributed by atoms with Crippen LogP contribution in [0.25, 0.3) is 11.0 Å². The first-order chi connectivity index (χ1) is 11.3. The van der Waals surface area contributed by atoms with E-state index in [1.165, 1.54) is 11.1 Å². The molecule has 0 saturated carbocycles. The maximum absolute atomic E-state index is 4.82. The van der Waals surface area contributed by atoms with Crippen LogP contribution in [-0.2, 0) is 13.6 Å². The first kappa shape index (κ1) is 16.9. The molecule has 1 aromatic carbocycles. The van der Waals surface area contributed by atoms with Gasteiger partial charge in [0.25, 0.3) is 0 Å². The van der Waals surface area contributed by atoms with E-state index in [0.717, 1.165) is 37.5 Å². The third-order valence-corrected chi connectivity index (χ3v) is 4.65. The maximum Gasteiger partial charge on any atom is 0.123 e. The Morgan fingerprint density at radius 2 is 2.08 bits per heavy atom. The zero-order valence-electron chi connectivity index (χ0n) is 13.7. The van der Waals surface area contributed by atoms with Crippen molar-refractivity contribution in [2.75, 3.05) is 19.6 Å². The first-order valence-corrected chi connectivity index (χ1v) is 8.08. The Labute approximate surface area is 148 Å². The first-order valence-electron chi connectivity index (χ1n) is 8.08. The van der Waals surface area contributed by atoms with Gasteiger partial charge in [-0.1, -0.05) is 18.2 Å². The van der Waals surface area contributed by atoms with Gasteiger partial charge in [0.1, 0.15) is 5.82 Å². The van der Waals surface area contributed by atoms with Gasteiger partial charge in [-0.05, 0) is 23.8 Å². The third-order valence-electron chi connectivity index (χ3n) is 4.65. The van der Waals surface area contributed by atoms with Crippen LogP contribution >= 0.6 is 12.4 Å². The van der Waals surface area contributed by atoms with Crippen molar-refractivity contribution in [1.29, 1.82) is 0 Å². The molecule has 4 rings (SSSR count). The van der Waals surface area contributed by atoms with Gasteiger partial charge in [-0.2, -0.15) is 0 Å². The zero-order chi connectivity index (χ0) is 15.6. The molecule has 6 heteroatoms. The van der Waals surface area contributed by atoms with Crippen molar-refractivity contribution in [3.05, 3.63) is 60.2 Å². The SMILES string of the molecule is Cl.Cn1c(CN2CCNCC2c2cccnc2)nc2ccccc21. The molecule has 1 saturated heterocycles. The standard InChI is InChI=1S/C18H21N5.ClH/c1-22-16-7-3-2-6-15(16)21-18(22)13-23-10-9-20-12-17(23)14-5-4-8-19-11-14;/h2-8,11,17,20H,9-10,12-13H2,1H3;1H. The highest BCUT2D eigenvalue weighted by atomic mass is 35.5. The Balaban J connectivity index is 0.00000169. The van der Waals surface area contributed by atoms with Crippen LogP contribution < -0.4 is 5.32 Å². The summed E-state index contributed by atoms with van der Waals surface area (Å²) >= 11 is 0. The van der Waals surface area contributed by atoms with Crippen molar-refractivity contribution in [1.82, 2.24) is 24.8 Å². The van der Waals surface area contributed by atoms with Crippen LogP contribution in [0.1, 0.15) is 17.4 Å². The van der Waals surface area contributed by atoms with E-state index < -0.39 is 0 Å². The van der Waals surface area contributed by atoms with E-state index in [1.807, 2.05) is 24.5 Å². The molecule has 1 fully saturated rings. The van der Waals surface area contributed by atoms with E-state index in [1.54, 1.807) is 0 Å². The highest BCUT2D eigenvalue weighted by Crippen LogP contribution is 2.24. The molecule has 0 spiro atoms. The van der Waals surface area contributed by atoms with Gasteiger partial charge in [0.15, 0.2) is 0 Å². The molecule has 0 radical (unpaired) electrons. The van der Waals surface area contributed by atoms with Crippen molar-refractivity contribution >= 4 is 23.4 Å². The maximum atomic E-state index is 4.82. The number of hydrogen-bond donors (Lipinski definition) is 1. The molecule has 1 atom stereocenters. The van der Waals surface area contributed by atoms with Gasteiger partial charge >= 0.3 is 0 Å². The predicted octanol–water partition coefficient (Wildman–Crippen LogP) is 2.54. The Bertz CT molecular complexity index is 802. The molecule has 24 heavy (non-hydrogen) atoms. The zero-order valence-corrected chi connectivity index (χ0v) is 14.5. The van der Waals surface area contributed by atoms with Gasteiger partial charge in [-0.3, -0.25) is 9.88 Å². The van der Waals surface area contributed by atoms with Crippen molar-refractivity contribution in [3.63, 3.8) is 0 Å². The summed E-state index contributed by atoms with van der Waals surface area (Å²) in [6.45, 7) is 3.84. The van der Waals surface area contributed by atoms with Gasteiger partial charge in [-0.25, -0.2) is 4.98 Å². The molecule has 1 aliphatic rings. The van der Waals surface area contributed by atoms with Crippen LogP contribution in [-0.4, -0.2) is 39.1 Å². The van der Waals surface area contributed by atoms with Crippen LogP contribution in [0, 0.1) is 0 Å². The lowest BCUT2D eigenvalue weighted by Crippen LogP contribution is -2.45. The number of benzene rings is 1. The number of pyridine rings is 1. The number of fused-ring (bicyclic) bond motifs is 1. The van der Waals surface area contributed by atoms with E-state index in [9.17, 15) is 0 Å². The number of para-hydroxylation sites is 2. The second-order valence-corrected chi connectivity index (χ2v) is 6.05. The molecule has 5 nitrogen and oxygen atoms in total. The molecule has 1 unspecified atom stereocenters. The number of aryl methyl sites for hydroxylation is 1. The third kappa shape index (κ3) is 3.15. The van der Waals surface area contributed by atoms with Gasteiger partial charge < -0.3 is 9.88 Å². The minimum Gasteiger partial charge on any atom is -0.330 e. The fourth-order valence-corrected chi connectivity index (χ4v) is 3.36. The van der Waals surface area contributed by atoms with Crippen LogP contribution in [0.15, 0.2) is 48.8 Å². The molecule has 1 N–H and O–H groups in total. The summed E-state index contributed by atoms with van der Waals surface area (Å²) in [6.07, 6.45) is 3.80. The topological polar surface area (TPSA) is 46.0 Å². The second kappa shape index (κ2) is 7.30. The summed E-state index contributed by atoms with van der Waals surface area (Å²) in [5, 5.41) is 3.49. The monoisotopic (exact) mass is 343 g/mol. The summed E-state index contributed by atoms with van der Waals surface area (Å²) in [4.78, 5) is 11.6. The van der Waals surface area contributed by atoms with E-state index in [2.05, 4.69) is 51.1 Å². The molecule has 3 aromatic rings. The van der Waals surface area contributed by atoms with Gasteiger partial charge in [-0.15, -0.1) is 12.4 Å². The summed E-state index contributed by atoms with van der Waals surface area (Å²) in [5.41, 5.74) is 3.52. The molecule has 3 heterocycles. The molecule has 1 aliphatic heterocycles. The minimum absolute atomic E-state index is 0. The lowest BCUT2D eigenvalue weighted by atomic mass is 10.1. The summed E-state index contributed by atoms with van der Waals surface area (Å²) in [7, 11) is 2.10. The number of piperazine rings is 1. The lowest BCUT2D eigenvalue weighted by molar-refractivity contribution is 0.148. The Morgan fingerprint density at radius 3 is 2.88 bits per heavy atom. The van der Waals surface area contributed by atoms with Crippen molar-refractivity contribution in [2.45, 2.75) is 12.6 Å². The quantitative estimate of drug-likeness (QED) is 0.794. The second-order valence-electron chi connectivity index (χ2n) is 6.05. The smallest absolute Gasteiger partial charge is 0.123 e. The number of rotatable bonds is 3. The largest absolute Gasteiger partial charge is 0.330 e. The molecule has 0 bridgehead atoms. The fraction of sp³-hybridized carbons (Fsp3) is 0.333. The summed E-state index contributed by atoms with van der Waals surface area (Å²) in [5.74, 6) is 1.11. The van der Waals surface area contributed by atoms with E-state index in [0.29, 0.717) is 6.04 Å². The fourth-order valence-electron chi connectivity index (χ4n) is 3.36. The Hall–Kier alpha value is -1.95. The van der Waals surface area contributed by atoms with Crippen molar-refractivity contribution in [2.24, 2.45) is 7.05 Å². The van der Waals surface area contributed by atoms with Gasteiger partial charge in [0.2, 0.25) is 0 Å². The van der Waals surface area contributed by atoms with Crippen LogP contribution in [0.3, 0.4) is 0 Å². The molecule has 126 valence electrons. The number of nitrogens with zero attached hydrogens (tertiary/aromatic N) is 4. The molecule has 0 aliphatic carbocycles. The van der Waals surface area contributed by atoms with Crippen LogP contribution in [0.4, 0.5) is 0 Å². The van der Waals surface area contributed by atoms with E-state index in [4.69, 9.17) is 4.98 Å². The molecular formula is C18H22ClN5. The van der Waals surface area contributed by atoms with Gasteiger partial charge in [0.05, 0.1) is 17.6 Å². The normalized spacial score (nSPS) is 18.5. The Kier molecular flexibility index (Phi) is 5.14. The average Bonchev–Trinajstić information content (AvgIpc) is 2.92. The predicted molar refractivity (Wildman–Crippen MR) is 98.2 cm³/mol. The molecule has 0 amide bonds. The Morgan fingerprint density at radius 1 is 1.21 bits per heavy atom.